The van der Waals surface area contributed by atoms with Crippen LogP contribution in [-0.4, -0.2) is 73.2 Å². The second-order valence-corrected chi connectivity index (χ2v) is 21.8. The van der Waals surface area contributed by atoms with Crippen molar-refractivity contribution in [2.45, 2.75) is 140 Å². The largest absolute Gasteiger partial charge is 0.504 e. The number of aryl methyl sites for hydroxylation is 4. The zero-order chi connectivity index (χ0) is 45.5. The van der Waals surface area contributed by atoms with Crippen LogP contribution in [0.5, 0.6) is 11.5 Å². The van der Waals surface area contributed by atoms with E-state index >= 15 is 0 Å². The Kier molecular flexibility index (Phi) is 16.8. The molecule has 65 heavy (non-hydrogen) atoms. The Balaban J connectivity index is 0.807. The molecule has 9 rings (SSSR count). The van der Waals surface area contributed by atoms with Gasteiger partial charge in [-0.15, -0.1) is 0 Å². The Labute approximate surface area is 392 Å². The summed E-state index contributed by atoms with van der Waals surface area (Å²) in [6.07, 6.45) is 14.9. The molecule has 4 heterocycles. The molecule has 1 saturated carbocycles. The molecular formula is C52H71N3O8S2. The molecule has 0 spiro atoms. The van der Waals surface area contributed by atoms with Gasteiger partial charge in [0, 0.05) is 72.3 Å². The second kappa shape index (κ2) is 22.7. The highest BCUT2D eigenvalue weighted by Gasteiger charge is 2.39. The monoisotopic (exact) mass is 929 g/mol. The van der Waals surface area contributed by atoms with Gasteiger partial charge in [0.2, 0.25) is 0 Å². The van der Waals surface area contributed by atoms with Crippen LogP contribution in [0.25, 0.3) is 6.08 Å². The van der Waals surface area contributed by atoms with Crippen molar-refractivity contribution < 1.29 is 39.8 Å². The van der Waals surface area contributed by atoms with E-state index in [1.54, 1.807) is 23.8 Å². The van der Waals surface area contributed by atoms with Gasteiger partial charge in [-0.2, -0.15) is 0 Å². The molecule has 2 aliphatic heterocycles. The van der Waals surface area contributed by atoms with Gasteiger partial charge in [0.25, 0.3) is 0 Å². The Morgan fingerprint density at radius 3 is 2.65 bits per heavy atom. The van der Waals surface area contributed by atoms with Gasteiger partial charge in [0.15, 0.2) is 11.5 Å². The number of phenols is 1. The minimum atomic E-state index is -0.894. The number of aliphatic hydroxyl groups is 5. The van der Waals surface area contributed by atoms with Crippen LogP contribution in [0, 0.1) is 23.7 Å². The summed E-state index contributed by atoms with van der Waals surface area (Å²) in [5.41, 5.74) is 15.9. The van der Waals surface area contributed by atoms with E-state index in [2.05, 4.69) is 28.5 Å². The molecule has 1 fully saturated rings. The fourth-order valence-electron chi connectivity index (χ4n) is 11.1. The standard InChI is InChI=1S/C52H71N3O8S2/c1-31(58)24-54-25-43-39-8-5-7-33(39)14-18-46-42(43)23-47(55-46)49(60)28-62-51-20-32(11-19-48(51)59)10-15-38-21-37(27-57)50(63-38)9-4-2-3-6-36-29-64-65-30-44-35(26-56)13-17-41-40(44)16-12-34(52(41)61)22-45(36)53/h11-13,16-17,19-21,23,31,33-34,36,39,43,45,49,52,54-61H,2-10,14-15,18,22,24-30,53H2,1H3/t31-,33+,34-,36-,39-,43+,45+,49-,52+/m0/s1. The Morgan fingerprint density at radius 2 is 1.82 bits per heavy atom. The molecule has 4 aromatic rings. The number of aromatic nitrogens is 1. The first-order chi connectivity index (χ1) is 31.6. The van der Waals surface area contributed by atoms with Crippen LogP contribution in [0.15, 0.2) is 53.0 Å². The van der Waals surface area contributed by atoms with Crippen LogP contribution in [0.1, 0.15) is 145 Å². The third-order valence-corrected chi connectivity index (χ3v) is 17.2. The number of furan rings is 1. The van der Waals surface area contributed by atoms with Crippen molar-refractivity contribution in [2.75, 3.05) is 25.4 Å². The molecule has 354 valence electrons. The Morgan fingerprint density at radius 1 is 0.954 bits per heavy atom. The number of fused-ring (bicyclic) bond motifs is 8. The zero-order valence-electron chi connectivity index (χ0n) is 37.9. The molecule has 3 aliphatic carbocycles. The number of phenolic OH excluding ortho intramolecular Hbond substituents is 1. The van der Waals surface area contributed by atoms with Crippen LogP contribution >= 0.6 is 21.6 Å². The number of nitrogens with one attached hydrogen (secondary N) is 2. The molecule has 0 saturated heterocycles. The van der Waals surface area contributed by atoms with Crippen LogP contribution in [0.4, 0.5) is 0 Å². The summed E-state index contributed by atoms with van der Waals surface area (Å²) in [5, 5.41) is 67.0. The number of ether oxygens (including phenoxy) is 1. The number of rotatable bonds is 19. The van der Waals surface area contributed by atoms with Gasteiger partial charge in [0.05, 0.1) is 25.4 Å². The minimum absolute atomic E-state index is 0.00876. The first kappa shape index (κ1) is 48.2. The van der Waals surface area contributed by atoms with Gasteiger partial charge < -0.3 is 55.8 Å². The summed E-state index contributed by atoms with van der Waals surface area (Å²) in [7, 11) is 3.66. The predicted octanol–water partition coefficient (Wildman–Crippen LogP) is 8.32. The van der Waals surface area contributed by atoms with Crippen molar-refractivity contribution in [1.29, 1.82) is 0 Å². The summed E-state index contributed by atoms with van der Waals surface area (Å²) in [6.45, 7) is 3.07. The van der Waals surface area contributed by atoms with Gasteiger partial charge in [0.1, 0.15) is 24.2 Å². The summed E-state index contributed by atoms with van der Waals surface area (Å²) < 4.78 is 12.4. The normalized spacial score (nSPS) is 25.1. The van der Waals surface area contributed by atoms with E-state index in [1.165, 1.54) is 30.5 Å². The SMILES string of the molecule is C[C@H](O)CNC[C@H]1c2cc([C@@H](O)COc3cc(CCc4cc(CO)c(CCCCC[C@H]5CSSCc6c(CO)ccc7c6C=C[C@@H](C[C@H]5N)[C@H]7O)o4)ccc3O)[nH]c2CC[C@H]2CCC[C@@H]21. The summed E-state index contributed by atoms with van der Waals surface area (Å²) in [5.74, 6) is 5.62. The Bertz CT molecular complexity index is 2210. The molecule has 2 aromatic carbocycles. The molecule has 13 heteroatoms. The molecule has 0 unspecified atom stereocenters. The topological polar surface area (TPSA) is 198 Å². The van der Waals surface area contributed by atoms with Crippen LogP contribution in [0.3, 0.4) is 0 Å². The molecule has 5 aliphatic rings. The maximum atomic E-state index is 11.3. The number of aromatic hydroxyl groups is 1. The van der Waals surface area contributed by atoms with Crippen LogP contribution in [-0.2, 0) is 44.6 Å². The van der Waals surface area contributed by atoms with Gasteiger partial charge >= 0.3 is 0 Å². The number of nitrogens with two attached hydrogens (primary N) is 1. The van der Waals surface area contributed by atoms with Crippen LogP contribution in [0.2, 0.25) is 0 Å². The van der Waals surface area contributed by atoms with Gasteiger partial charge in [-0.3, -0.25) is 0 Å². The highest BCUT2D eigenvalue weighted by molar-refractivity contribution is 8.76. The van der Waals surface area contributed by atoms with E-state index in [0.29, 0.717) is 48.8 Å². The average molecular weight is 930 g/mol. The highest BCUT2D eigenvalue weighted by atomic mass is 33.1. The van der Waals surface area contributed by atoms with E-state index < -0.39 is 18.3 Å². The third-order valence-electron chi connectivity index (χ3n) is 14.8. The average Bonchev–Trinajstić information content (AvgIpc) is 4.04. The number of aliphatic hydroxyl groups excluding tert-OH is 5. The lowest BCUT2D eigenvalue weighted by Crippen LogP contribution is -2.35. The number of benzene rings is 2. The number of H-pyrrole nitrogens is 1. The maximum Gasteiger partial charge on any atom is 0.161 e. The molecule has 9 atom stereocenters. The van der Waals surface area contributed by atoms with Gasteiger partial charge in [-0.25, -0.2) is 0 Å². The van der Waals surface area contributed by atoms with Crippen molar-refractivity contribution >= 4 is 27.7 Å². The number of aromatic amines is 1. The van der Waals surface area contributed by atoms with Crippen molar-refractivity contribution in [3.63, 3.8) is 0 Å². The zero-order valence-corrected chi connectivity index (χ0v) is 39.6. The van der Waals surface area contributed by atoms with E-state index in [9.17, 15) is 30.6 Å². The third kappa shape index (κ3) is 11.7. The highest BCUT2D eigenvalue weighted by Crippen LogP contribution is 2.48. The van der Waals surface area contributed by atoms with Crippen LogP contribution < -0.4 is 15.8 Å². The first-order valence-electron chi connectivity index (χ1n) is 24.2. The number of unbranched alkanes of at least 4 members (excludes halogenated alkanes) is 2. The molecular weight excluding hydrogens is 859 g/mol. The first-order valence-corrected chi connectivity index (χ1v) is 26.6. The molecule has 11 nitrogen and oxygen atoms in total. The molecule has 2 aromatic heterocycles. The lowest BCUT2D eigenvalue weighted by Gasteiger charge is -2.33. The molecule has 4 bridgehead atoms. The number of hydrogen-bond acceptors (Lipinski definition) is 12. The molecule has 0 radical (unpaired) electrons. The van der Waals surface area contributed by atoms with E-state index in [-0.39, 0.29) is 37.5 Å². The van der Waals surface area contributed by atoms with Crippen molar-refractivity contribution in [3.8, 4) is 11.5 Å². The fourth-order valence-corrected chi connectivity index (χ4v) is 13.8. The maximum absolute atomic E-state index is 11.3. The van der Waals surface area contributed by atoms with E-state index in [0.717, 1.165) is 120 Å². The Hall–Kier alpha value is -3.24. The fraction of sp³-hybridized carbons (Fsp3) is 0.577. The molecule has 0 amide bonds. The number of hydrogen-bond donors (Lipinski definition) is 9. The quantitative estimate of drug-likeness (QED) is 0.0323. The van der Waals surface area contributed by atoms with E-state index in [1.807, 2.05) is 41.1 Å². The van der Waals surface area contributed by atoms with Gasteiger partial charge in [-0.1, -0.05) is 77.6 Å². The van der Waals surface area contributed by atoms with Crippen molar-refractivity contribution in [1.82, 2.24) is 10.3 Å². The smallest absolute Gasteiger partial charge is 0.161 e. The van der Waals surface area contributed by atoms with Gasteiger partial charge in [-0.05, 0) is 127 Å². The summed E-state index contributed by atoms with van der Waals surface area (Å²) in [4.78, 5) is 3.54. The second-order valence-electron chi connectivity index (χ2n) is 19.3. The minimum Gasteiger partial charge on any atom is -0.504 e. The lowest BCUT2D eigenvalue weighted by molar-refractivity contribution is 0.103. The van der Waals surface area contributed by atoms with E-state index in [4.69, 9.17) is 14.9 Å². The predicted molar refractivity (Wildman–Crippen MR) is 260 cm³/mol. The lowest BCUT2D eigenvalue weighted by atomic mass is 9.79. The van der Waals surface area contributed by atoms with Crippen molar-refractivity contribution in [3.05, 3.63) is 110 Å². The molecule has 10 N–H and O–H groups in total. The summed E-state index contributed by atoms with van der Waals surface area (Å²) in [6, 6.07) is 13.3. The summed E-state index contributed by atoms with van der Waals surface area (Å²) >= 11 is 0. The van der Waals surface area contributed by atoms with Crippen molar-refractivity contribution in [2.24, 2.45) is 29.4 Å².